The number of guanidine groups is 1. The number of likely N-dealkylation sites (tertiary alicyclic amines) is 1. The van der Waals surface area contributed by atoms with Crippen LogP contribution in [0.5, 0.6) is 0 Å². The number of fused-ring (bicyclic) bond motifs is 1. The molecule has 0 aliphatic carbocycles. The second-order valence-corrected chi connectivity index (χ2v) is 8.85. The van der Waals surface area contributed by atoms with E-state index in [0.717, 1.165) is 24.7 Å². The van der Waals surface area contributed by atoms with Crippen LogP contribution in [0.15, 0.2) is 53.5 Å². The van der Waals surface area contributed by atoms with Crippen molar-refractivity contribution in [1.29, 1.82) is 0 Å². The minimum Gasteiger partial charge on any atom is -0.356 e. The Kier molecular flexibility index (Phi) is 9.99. The van der Waals surface area contributed by atoms with Crippen LogP contribution in [0, 0.1) is 0 Å². The number of hydrogen-bond donors (Lipinski definition) is 3. The third-order valence-corrected chi connectivity index (χ3v) is 6.40. The van der Waals surface area contributed by atoms with Crippen molar-refractivity contribution in [3.05, 3.63) is 65.2 Å². The summed E-state index contributed by atoms with van der Waals surface area (Å²) in [6, 6.07) is 16.9. The fraction of sp³-hybridized carbons (Fsp3) is 0.462. The molecule has 0 bridgehead atoms. The molecule has 2 heterocycles. The van der Waals surface area contributed by atoms with Crippen LogP contribution in [0.2, 0.25) is 0 Å². The molecule has 1 atom stereocenters. The van der Waals surface area contributed by atoms with Gasteiger partial charge in [0, 0.05) is 44.7 Å². The highest BCUT2D eigenvalue weighted by atomic mass is 127. The van der Waals surface area contributed by atoms with Crippen molar-refractivity contribution < 1.29 is 4.79 Å². The normalized spacial score (nSPS) is 19.0. The second kappa shape index (κ2) is 12.9. The van der Waals surface area contributed by atoms with Crippen molar-refractivity contribution in [1.82, 2.24) is 15.5 Å². The molecule has 0 radical (unpaired) electrons. The number of carbonyl (C=O) groups excluding carboxylic acids is 1. The summed E-state index contributed by atoms with van der Waals surface area (Å²) in [5.41, 5.74) is 4.72. The van der Waals surface area contributed by atoms with E-state index in [0.29, 0.717) is 13.0 Å². The number of para-hydroxylation sites is 1. The molecule has 33 heavy (non-hydrogen) atoms. The number of aliphatic imine (C=N–C) groups is 1. The van der Waals surface area contributed by atoms with Crippen LogP contribution in [-0.2, 0) is 17.9 Å². The van der Waals surface area contributed by atoms with Gasteiger partial charge in [-0.05, 0) is 48.7 Å². The van der Waals surface area contributed by atoms with E-state index in [1.165, 1.54) is 55.5 Å². The quantitative estimate of drug-likeness (QED) is 0.277. The molecule has 2 aromatic rings. The van der Waals surface area contributed by atoms with Gasteiger partial charge in [0.05, 0.1) is 0 Å². The molecule has 3 N–H and O–H groups in total. The largest absolute Gasteiger partial charge is 0.356 e. The Hall–Kier alpha value is -2.13. The average molecular weight is 562 g/mol. The predicted octanol–water partition coefficient (Wildman–Crippen LogP) is 4.47. The van der Waals surface area contributed by atoms with Crippen molar-refractivity contribution in [2.24, 2.45) is 4.99 Å². The van der Waals surface area contributed by atoms with E-state index >= 15 is 0 Å². The highest BCUT2D eigenvalue weighted by molar-refractivity contribution is 14.0. The van der Waals surface area contributed by atoms with E-state index in [1.807, 2.05) is 18.2 Å². The smallest absolute Gasteiger partial charge is 0.225 e. The van der Waals surface area contributed by atoms with Gasteiger partial charge in [0.2, 0.25) is 5.91 Å². The van der Waals surface area contributed by atoms with Crippen molar-refractivity contribution >= 4 is 41.5 Å². The lowest BCUT2D eigenvalue weighted by Crippen LogP contribution is -2.40. The maximum atomic E-state index is 12.1. The molecule has 4 rings (SSSR count). The number of nitrogens with one attached hydrogen (secondary N) is 3. The Morgan fingerprint density at radius 1 is 1.03 bits per heavy atom. The maximum absolute atomic E-state index is 12.1. The molecule has 0 saturated carbocycles. The van der Waals surface area contributed by atoms with Gasteiger partial charge in [0.15, 0.2) is 5.96 Å². The number of amides is 1. The average Bonchev–Trinajstić information content (AvgIpc) is 3.08. The molecule has 7 heteroatoms. The number of rotatable bonds is 6. The summed E-state index contributed by atoms with van der Waals surface area (Å²) in [4.78, 5) is 19.0. The summed E-state index contributed by atoms with van der Waals surface area (Å²) in [6.07, 6.45) is 5.85. The zero-order chi connectivity index (χ0) is 22.2. The molecule has 0 spiro atoms. The van der Waals surface area contributed by atoms with Gasteiger partial charge in [-0.3, -0.25) is 14.7 Å². The van der Waals surface area contributed by atoms with Gasteiger partial charge >= 0.3 is 0 Å². The van der Waals surface area contributed by atoms with Crippen LogP contribution in [0.25, 0.3) is 0 Å². The SMILES string of the molecule is CN=C(NCc1cccc(CN2CCCCCC2)c1)NCC1CC(=O)Nc2ccccc21.I. The number of carbonyl (C=O) groups is 1. The van der Waals surface area contributed by atoms with Crippen LogP contribution in [0.1, 0.15) is 54.7 Å². The number of hydrogen-bond acceptors (Lipinski definition) is 3. The zero-order valence-electron chi connectivity index (χ0n) is 19.5. The van der Waals surface area contributed by atoms with Crippen LogP contribution in [-0.4, -0.2) is 43.4 Å². The van der Waals surface area contributed by atoms with E-state index < -0.39 is 0 Å². The van der Waals surface area contributed by atoms with Crippen molar-refractivity contribution in [3.63, 3.8) is 0 Å². The molecule has 178 valence electrons. The Bertz CT molecular complexity index is 940. The van der Waals surface area contributed by atoms with Gasteiger partial charge in [-0.2, -0.15) is 0 Å². The molecule has 1 saturated heterocycles. The topological polar surface area (TPSA) is 68.8 Å². The molecule has 2 aromatic carbocycles. The first-order valence-electron chi connectivity index (χ1n) is 11.8. The minimum absolute atomic E-state index is 0. The summed E-state index contributed by atoms with van der Waals surface area (Å²) in [5.74, 6) is 0.960. The second-order valence-electron chi connectivity index (χ2n) is 8.85. The Morgan fingerprint density at radius 3 is 2.58 bits per heavy atom. The Balaban J connectivity index is 0.00000306. The first-order chi connectivity index (χ1) is 15.7. The summed E-state index contributed by atoms with van der Waals surface area (Å²) < 4.78 is 0. The number of halogens is 1. The highest BCUT2D eigenvalue weighted by Crippen LogP contribution is 2.31. The first-order valence-corrected chi connectivity index (χ1v) is 11.8. The standard InChI is InChI=1S/C26H35N5O.HI/c1-27-26(29-18-22-16-25(32)30-24-12-5-4-11-23(22)24)28-17-20-9-8-10-21(15-20)19-31-13-6-2-3-7-14-31;/h4-5,8-12,15,22H,2-3,6-7,13-14,16-19H2,1H3,(H,30,32)(H2,27,28,29);1H. The van der Waals surface area contributed by atoms with Gasteiger partial charge in [-0.15, -0.1) is 24.0 Å². The van der Waals surface area contributed by atoms with E-state index in [1.54, 1.807) is 7.05 Å². The van der Waals surface area contributed by atoms with Crippen LogP contribution >= 0.6 is 24.0 Å². The van der Waals surface area contributed by atoms with Gasteiger partial charge in [-0.1, -0.05) is 55.3 Å². The molecular weight excluding hydrogens is 525 g/mol. The molecule has 2 aliphatic heterocycles. The minimum atomic E-state index is 0. The van der Waals surface area contributed by atoms with Crippen molar-refractivity contribution in [2.45, 2.75) is 51.1 Å². The van der Waals surface area contributed by atoms with Crippen molar-refractivity contribution in [2.75, 3.05) is 32.0 Å². The maximum Gasteiger partial charge on any atom is 0.225 e. The molecule has 1 fully saturated rings. The lowest BCUT2D eigenvalue weighted by Gasteiger charge is -2.26. The number of anilines is 1. The van der Waals surface area contributed by atoms with Crippen molar-refractivity contribution in [3.8, 4) is 0 Å². The van der Waals surface area contributed by atoms with Gasteiger partial charge in [0.25, 0.3) is 0 Å². The third kappa shape index (κ3) is 7.43. The third-order valence-electron chi connectivity index (χ3n) is 6.40. The fourth-order valence-corrected chi connectivity index (χ4v) is 4.70. The van der Waals surface area contributed by atoms with Gasteiger partial charge in [0.1, 0.15) is 0 Å². The van der Waals surface area contributed by atoms with E-state index in [-0.39, 0.29) is 35.8 Å². The lowest BCUT2D eigenvalue weighted by molar-refractivity contribution is -0.116. The number of benzene rings is 2. The summed E-state index contributed by atoms with van der Waals surface area (Å²) in [6.45, 7) is 4.83. The molecular formula is C26H36IN5O. The molecule has 0 aromatic heterocycles. The highest BCUT2D eigenvalue weighted by Gasteiger charge is 2.24. The van der Waals surface area contributed by atoms with Crippen LogP contribution in [0.4, 0.5) is 5.69 Å². The summed E-state index contributed by atoms with van der Waals surface area (Å²) >= 11 is 0. The summed E-state index contributed by atoms with van der Waals surface area (Å²) in [7, 11) is 1.78. The fourth-order valence-electron chi connectivity index (χ4n) is 4.70. The summed E-state index contributed by atoms with van der Waals surface area (Å²) in [5, 5.41) is 9.79. The first kappa shape index (κ1) is 25.5. The molecule has 1 amide bonds. The monoisotopic (exact) mass is 561 g/mol. The van der Waals surface area contributed by atoms with E-state index in [9.17, 15) is 4.79 Å². The molecule has 2 aliphatic rings. The molecule has 1 unspecified atom stereocenters. The van der Waals surface area contributed by atoms with E-state index in [4.69, 9.17) is 0 Å². The van der Waals surface area contributed by atoms with Gasteiger partial charge in [-0.25, -0.2) is 0 Å². The van der Waals surface area contributed by atoms with Crippen LogP contribution < -0.4 is 16.0 Å². The number of nitrogens with zero attached hydrogens (tertiary/aromatic N) is 2. The van der Waals surface area contributed by atoms with E-state index in [2.05, 4.69) is 56.2 Å². The zero-order valence-corrected chi connectivity index (χ0v) is 21.8. The predicted molar refractivity (Wildman–Crippen MR) is 146 cm³/mol. The molecule has 6 nitrogen and oxygen atoms in total. The Morgan fingerprint density at radius 2 is 1.79 bits per heavy atom. The van der Waals surface area contributed by atoms with Gasteiger partial charge < -0.3 is 16.0 Å². The Labute approximate surface area is 214 Å². The lowest BCUT2D eigenvalue weighted by atomic mass is 9.90. The van der Waals surface area contributed by atoms with Crippen LogP contribution in [0.3, 0.4) is 0 Å².